The summed E-state index contributed by atoms with van der Waals surface area (Å²) in [7, 11) is 0. The Morgan fingerprint density at radius 2 is 1.75 bits per heavy atom. The topological polar surface area (TPSA) is 0 Å². The van der Waals surface area contributed by atoms with Crippen LogP contribution in [0, 0.1) is 11.8 Å². The predicted molar refractivity (Wildman–Crippen MR) is 57.1 cm³/mol. The van der Waals surface area contributed by atoms with Crippen LogP contribution in [0.1, 0.15) is 66.2 Å². The van der Waals surface area contributed by atoms with Crippen LogP contribution in [0.3, 0.4) is 0 Å². The Morgan fingerprint density at radius 3 is 2.17 bits per heavy atom. The maximum Gasteiger partial charge on any atom is -0.0303 e. The average molecular weight is 169 g/mol. The van der Waals surface area contributed by atoms with E-state index in [-0.39, 0.29) is 0 Å². The fourth-order valence-electron chi connectivity index (χ4n) is 1.54. The van der Waals surface area contributed by atoms with Crippen LogP contribution in [-0.4, -0.2) is 0 Å². The first-order chi connectivity index (χ1) is 5.70. The summed E-state index contributed by atoms with van der Waals surface area (Å²) in [5.74, 6) is 2.57. The monoisotopic (exact) mass is 169 g/mol. The second-order valence-electron chi connectivity index (χ2n) is 4.16. The van der Waals surface area contributed by atoms with Crippen molar-refractivity contribution in [2.24, 2.45) is 5.92 Å². The molecule has 12 heavy (non-hydrogen) atoms. The Morgan fingerprint density at radius 1 is 1.08 bits per heavy atom. The van der Waals surface area contributed by atoms with Gasteiger partial charge < -0.3 is 0 Å². The second kappa shape index (κ2) is 7.64. The Hall–Kier alpha value is 0. The van der Waals surface area contributed by atoms with E-state index in [9.17, 15) is 0 Å². The van der Waals surface area contributed by atoms with Gasteiger partial charge in [0.1, 0.15) is 0 Å². The van der Waals surface area contributed by atoms with Gasteiger partial charge in [0, 0.05) is 0 Å². The molecule has 1 radical (unpaired) electrons. The number of rotatable bonds is 7. The molecule has 1 atom stereocenters. The van der Waals surface area contributed by atoms with Crippen molar-refractivity contribution in [3.05, 3.63) is 5.92 Å². The molecule has 0 aromatic carbocycles. The number of hydrogen-bond donors (Lipinski definition) is 0. The first kappa shape index (κ1) is 12.0. The van der Waals surface area contributed by atoms with E-state index in [1.54, 1.807) is 5.92 Å². The van der Waals surface area contributed by atoms with Crippen LogP contribution in [0.4, 0.5) is 0 Å². The highest BCUT2D eigenvalue weighted by Gasteiger charge is 2.06. The summed E-state index contributed by atoms with van der Waals surface area (Å²) in [5, 5.41) is 0. The minimum atomic E-state index is 0.986. The van der Waals surface area contributed by atoms with Gasteiger partial charge in [-0.05, 0) is 24.7 Å². The van der Waals surface area contributed by atoms with Gasteiger partial charge in [0.15, 0.2) is 0 Å². The van der Waals surface area contributed by atoms with Crippen molar-refractivity contribution < 1.29 is 0 Å². The van der Waals surface area contributed by atoms with Crippen LogP contribution < -0.4 is 0 Å². The van der Waals surface area contributed by atoms with Gasteiger partial charge in [-0.3, -0.25) is 0 Å². The Labute approximate surface area is 78.8 Å². The molecular weight excluding hydrogens is 144 g/mol. The third kappa shape index (κ3) is 6.69. The van der Waals surface area contributed by atoms with Gasteiger partial charge in [0.05, 0.1) is 0 Å². The average Bonchev–Trinajstić information content (AvgIpc) is 2.05. The van der Waals surface area contributed by atoms with Gasteiger partial charge in [-0.1, -0.05) is 53.4 Å². The van der Waals surface area contributed by atoms with Crippen LogP contribution in [0.15, 0.2) is 0 Å². The summed E-state index contributed by atoms with van der Waals surface area (Å²) in [4.78, 5) is 0. The minimum absolute atomic E-state index is 0.986. The Bertz CT molecular complexity index is 84.0. The molecule has 0 spiro atoms. The van der Waals surface area contributed by atoms with Gasteiger partial charge in [0.2, 0.25) is 0 Å². The quantitative estimate of drug-likeness (QED) is 0.522. The fraction of sp³-hybridized carbons (Fsp3) is 0.917. The van der Waals surface area contributed by atoms with Crippen LogP contribution in [0.5, 0.6) is 0 Å². The molecular formula is C12H25. The van der Waals surface area contributed by atoms with Crippen molar-refractivity contribution in [1.29, 1.82) is 0 Å². The first-order valence-corrected chi connectivity index (χ1v) is 5.49. The largest absolute Gasteiger partial charge is 0.0654 e. The van der Waals surface area contributed by atoms with E-state index >= 15 is 0 Å². The second-order valence-corrected chi connectivity index (χ2v) is 4.16. The van der Waals surface area contributed by atoms with E-state index in [1.165, 1.54) is 38.5 Å². The Balaban J connectivity index is 3.39. The van der Waals surface area contributed by atoms with E-state index in [2.05, 4.69) is 27.7 Å². The van der Waals surface area contributed by atoms with Gasteiger partial charge in [0.25, 0.3) is 0 Å². The van der Waals surface area contributed by atoms with Crippen molar-refractivity contribution >= 4 is 0 Å². The van der Waals surface area contributed by atoms with Crippen LogP contribution >= 0.6 is 0 Å². The molecule has 0 N–H and O–H groups in total. The summed E-state index contributed by atoms with van der Waals surface area (Å²) >= 11 is 0. The van der Waals surface area contributed by atoms with E-state index in [4.69, 9.17) is 0 Å². The maximum atomic E-state index is 2.32. The summed E-state index contributed by atoms with van der Waals surface area (Å²) in [6, 6.07) is 0. The molecule has 0 heteroatoms. The van der Waals surface area contributed by atoms with Crippen LogP contribution in [0.25, 0.3) is 0 Å². The lowest BCUT2D eigenvalue weighted by Crippen LogP contribution is -2.00. The molecule has 0 aliphatic carbocycles. The molecule has 0 nitrogen and oxygen atoms in total. The summed E-state index contributed by atoms with van der Waals surface area (Å²) < 4.78 is 0. The van der Waals surface area contributed by atoms with Crippen molar-refractivity contribution in [2.75, 3.05) is 0 Å². The molecule has 73 valence electrons. The Kier molecular flexibility index (Phi) is 7.64. The van der Waals surface area contributed by atoms with Gasteiger partial charge in [-0.2, -0.15) is 0 Å². The van der Waals surface area contributed by atoms with Crippen LogP contribution in [0.2, 0.25) is 0 Å². The molecule has 0 aromatic heterocycles. The summed E-state index contributed by atoms with van der Waals surface area (Å²) in [6.07, 6.45) is 8.33. The molecule has 0 bridgehead atoms. The van der Waals surface area contributed by atoms with Gasteiger partial charge in [-0.15, -0.1) is 0 Å². The van der Waals surface area contributed by atoms with Gasteiger partial charge in [-0.25, -0.2) is 0 Å². The van der Waals surface area contributed by atoms with E-state index in [1.807, 2.05) is 0 Å². The zero-order chi connectivity index (χ0) is 9.40. The standard InChI is InChI=1S/C12H25/c1-5-7-8-12(6-2)10-9-11(3)4/h12H,5-10H2,1-4H3. The molecule has 0 fully saturated rings. The summed E-state index contributed by atoms with van der Waals surface area (Å²) in [5.41, 5.74) is 0. The predicted octanol–water partition coefficient (Wildman–Crippen LogP) is 4.60. The lowest BCUT2D eigenvalue weighted by atomic mass is 9.91. The fourth-order valence-corrected chi connectivity index (χ4v) is 1.54. The zero-order valence-corrected chi connectivity index (χ0v) is 9.32. The third-order valence-electron chi connectivity index (χ3n) is 2.60. The SMILES string of the molecule is CCCCC(CC)CC[C](C)C. The lowest BCUT2D eigenvalue weighted by Gasteiger charge is -2.14. The van der Waals surface area contributed by atoms with Crippen LogP contribution in [-0.2, 0) is 0 Å². The van der Waals surface area contributed by atoms with Crippen molar-refractivity contribution in [1.82, 2.24) is 0 Å². The molecule has 0 heterocycles. The lowest BCUT2D eigenvalue weighted by molar-refractivity contribution is 0.414. The maximum absolute atomic E-state index is 2.32. The smallest absolute Gasteiger partial charge is 0.0303 e. The molecule has 0 rings (SSSR count). The highest BCUT2D eigenvalue weighted by Crippen LogP contribution is 2.21. The molecule has 0 aromatic rings. The van der Waals surface area contributed by atoms with E-state index in [0.29, 0.717) is 0 Å². The highest BCUT2D eigenvalue weighted by atomic mass is 14.1. The zero-order valence-electron chi connectivity index (χ0n) is 9.32. The number of unbranched alkanes of at least 4 members (excludes halogenated alkanes) is 1. The summed E-state index contributed by atoms with van der Waals surface area (Å²) in [6.45, 7) is 9.09. The molecule has 0 saturated carbocycles. The highest BCUT2D eigenvalue weighted by molar-refractivity contribution is 4.77. The van der Waals surface area contributed by atoms with E-state index < -0.39 is 0 Å². The minimum Gasteiger partial charge on any atom is -0.0654 e. The number of hydrogen-bond acceptors (Lipinski definition) is 0. The molecule has 0 saturated heterocycles. The van der Waals surface area contributed by atoms with Crippen molar-refractivity contribution in [3.8, 4) is 0 Å². The molecule has 0 amide bonds. The molecule has 1 unspecified atom stereocenters. The molecule has 0 aliphatic rings. The first-order valence-electron chi connectivity index (χ1n) is 5.49. The van der Waals surface area contributed by atoms with Crippen molar-refractivity contribution in [2.45, 2.75) is 66.2 Å². The molecule has 0 aliphatic heterocycles. The van der Waals surface area contributed by atoms with E-state index in [0.717, 1.165) is 5.92 Å². The normalized spacial score (nSPS) is 13.8. The third-order valence-corrected chi connectivity index (χ3v) is 2.60. The van der Waals surface area contributed by atoms with Gasteiger partial charge >= 0.3 is 0 Å². The van der Waals surface area contributed by atoms with Crippen molar-refractivity contribution in [3.63, 3.8) is 0 Å².